The lowest BCUT2D eigenvalue weighted by molar-refractivity contribution is -0.119. The maximum atomic E-state index is 13.0. The van der Waals surface area contributed by atoms with Gasteiger partial charge >= 0.3 is 0 Å². The van der Waals surface area contributed by atoms with Crippen LogP contribution >= 0.6 is 0 Å². The molecular formula is C17H17FN2O2. The summed E-state index contributed by atoms with van der Waals surface area (Å²) in [6.07, 6.45) is 0. The molecule has 2 aromatic carbocycles. The van der Waals surface area contributed by atoms with Crippen molar-refractivity contribution in [3.05, 3.63) is 65.0 Å². The highest BCUT2D eigenvalue weighted by molar-refractivity contribution is 6.04. The van der Waals surface area contributed by atoms with Crippen molar-refractivity contribution in [1.29, 1.82) is 0 Å². The van der Waals surface area contributed by atoms with E-state index in [1.54, 1.807) is 31.2 Å². The second kappa shape index (κ2) is 6.85. The van der Waals surface area contributed by atoms with Crippen molar-refractivity contribution in [3.63, 3.8) is 0 Å². The van der Waals surface area contributed by atoms with Gasteiger partial charge in [0.25, 0.3) is 5.91 Å². The average Bonchev–Trinajstić information content (AvgIpc) is 2.48. The molecule has 114 valence electrons. The largest absolute Gasteiger partial charge is 0.352 e. The number of halogens is 1. The molecule has 0 aliphatic rings. The topological polar surface area (TPSA) is 58.2 Å². The Balaban J connectivity index is 2.04. The molecule has 0 saturated carbocycles. The van der Waals surface area contributed by atoms with Gasteiger partial charge in [0.1, 0.15) is 5.82 Å². The monoisotopic (exact) mass is 300 g/mol. The second-order valence-corrected chi connectivity index (χ2v) is 5.02. The van der Waals surface area contributed by atoms with E-state index in [2.05, 4.69) is 10.6 Å². The molecule has 0 bridgehead atoms. The first-order chi connectivity index (χ1) is 10.5. The summed E-state index contributed by atoms with van der Waals surface area (Å²) >= 11 is 0. The van der Waals surface area contributed by atoms with Crippen LogP contribution < -0.4 is 10.6 Å². The molecule has 5 heteroatoms. The van der Waals surface area contributed by atoms with Crippen LogP contribution in [0.1, 0.15) is 28.4 Å². The number of carbonyl (C=O) groups excluding carboxylic acids is 2. The Morgan fingerprint density at radius 2 is 1.77 bits per heavy atom. The highest BCUT2D eigenvalue weighted by Gasteiger charge is 2.08. The minimum Gasteiger partial charge on any atom is -0.352 e. The second-order valence-electron chi connectivity index (χ2n) is 5.02. The number of amides is 2. The Morgan fingerprint density at radius 1 is 1.09 bits per heavy atom. The SMILES string of the molecule is CC(=O)NCc1ccc(C(=O)Nc2ccc(F)cc2C)cc1. The van der Waals surface area contributed by atoms with E-state index in [1.165, 1.54) is 25.1 Å². The summed E-state index contributed by atoms with van der Waals surface area (Å²) in [5.74, 6) is -0.702. The summed E-state index contributed by atoms with van der Waals surface area (Å²) in [5, 5.41) is 5.44. The van der Waals surface area contributed by atoms with Crippen LogP contribution in [-0.2, 0) is 11.3 Å². The lowest BCUT2D eigenvalue weighted by Crippen LogP contribution is -2.19. The van der Waals surface area contributed by atoms with Gasteiger partial charge in [-0.05, 0) is 48.4 Å². The Kier molecular flexibility index (Phi) is 4.88. The third-order valence-corrected chi connectivity index (χ3v) is 3.19. The van der Waals surface area contributed by atoms with Crippen LogP contribution in [0.4, 0.5) is 10.1 Å². The predicted molar refractivity (Wildman–Crippen MR) is 83.1 cm³/mol. The van der Waals surface area contributed by atoms with Gasteiger partial charge in [-0.3, -0.25) is 9.59 Å². The first kappa shape index (κ1) is 15.7. The van der Waals surface area contributed by atoms with Gasteiger partial charge in [0.05, 0.1) is 0 Å². The van der Waals surface area contributed by atoms with Crippen LogP contribution in [0.3, 0.4) is 0 Å². The van der Waals surface area contributed by atoms with Crippen molar-refractivity contribution in [2.45, 2.75) is 20.4 Å². The van der Waals surface area contributed by atoms with E-state index < -0.39 is 0 Å². The summed E-state index contributed by atoms with van der Waals surface area (Å²) in [5.41, 5.74) is 2.64. The standard InChI is InChI=1S/C17H17FN2O2/c1-11-9-15(18)7-8-16(11)20-17(22)14-5-3-13(4-6-14)10-19-12(2)21/h3-9H,10H2,1-2H3,(H,19,21)(H,20,22). The fraction of sp³-hybridized carbons (Fsp3) is 0.176. The van der Waals surface area contributed by atoms with Crippen molar-refractivity contribution in [2.24, 2.45) is 0 Å². The van der Waals surface area contributed by atoms with E-state index in [1.807, 2.05) is 0 Å². The van der Waals surface area contributed by atoms with Crippen LogP contribution in [0.25, 0.3) is 0 Å². The van der Waals surface area contributed by atoms with Crippen molar-refractivity contribution in [3.8, 4) is 0 Å². The number of hydrogen-bond donors (Lipinski definition) is 2. The molecule has 0 fully saturated rings. The molecule has 0 aliphatic heterocycles. The van der Waals surface area contributed by atoms with E-state index >= 15 is 0 Å². The van der Waals surface area contributed by atoms with Gasteiger partial charge in [-0.2, -0.15) is 0 Å². The molecule has 0 heterocycles. The molecule has 2 amide bonds. The quantitative estimate of drug-likeness (QED) is 0.912. The zero-order valence-electron chi connectivity index (χ0n) is 12.4. The minimum atomic E-state index is -0.335. The number of benzene rings is 2. The molecule has 0 spiro atoms. The predicted octanol–water partition coefficient (Wildman–Crippen LogP) is 3.02. The van der Waals surface area contributed by atoms with Gasteiger partial charge in [-0.1, -0.05) is 12.1 Å². The number of anilines is 1. The summed E-state index contributed by atoms with van der Waals surface area (Å²) < 4.78 is 13.0. The maximum absolute atomic E-state index is 13.0. The van der Waals surface area contributed by atoms with Crippen LogP contribution in [0.15, 0.2) is 42.5 Å². The zero-order chi connectivity index (χ0) is 16.1. The van der Waals surface area contributed by atoms with Gasteiger partial charge in [-0.25, -0.2) is 4.39 Å². The fourth-order valence-electron chi connectivity index (χ4n) is 1.96. The van der Waals surface area contributed by atoms with Crippen molar-refractivity contribution in [2.75, 3.05) is 5.32 Å². The summed E-state index contributed by atoms with van der Waals surface area (Å²) in [6.45, 7) is 3.61. The molecule has 22 heavy (non-hydrogen) atoms. The third-order valence-electron chi connectivity index (χ3n) is 3.19. The Hall–Kier alpha value is -2.69. The van der Waals surface area contributed by atoms with E-state index in [4.69, 9.17) is 0 Å². The van der Waals surface area contributed by atoms with Crippen LogP contribution in [0.5, 0.6) is 0 Å². The van der Waals surface area contributed by atoms with Gasteiger partial charge in [0.15, 0.2) is 0 Å². The Morgan fingerprint density at radius 3 is 2.36 bits per heavy atom. The smallest absolute Gasteiger partial charge is 0.255 e. The van der Waals surface area contributed by atoms with E-state index in [-0.39, 0.29) is 17.6 Å². The zero-order valence-corrected chi connectivity index (χ0v) is 12.4. The lowest BCUT2D eigenvalue weighted by atomic mass is 10.1. The van der Waals surface area contributed by atoms with E-state index in [0.717, 1.165) is 5.56 Å². The number of carbonyl (C=O) groups is 2. The van der Waals surface area contributed by atoms with E-state index in [9.17, 15) is 14.0 Å². The van der Waals surface area contributed by atoms with Gasteiger partial charge in [0, 0.05) is 24.7 Å². The average molecular weight is 300 g/mol. The van der Waals surface area contributed by atoms with Crippen molar-refractivity contribution >= 4 is 17.5 Å². The highest BCUT2D eigenvalue weighted by Crippen LogP contribution is 2.17. The van der Waals surface area contributed by atoms with Crippen LogP contribution in [0, 0.1) is 12.7 Å². The number of aryl methyl sites for hydroxylation is 1. The first-order valence-electron chi connectivity index (χ1n) is 6.86. The summed E-state index contributed by atoms with van der Waals surface area (Å²) in [4.78, 5) is 23.0. The third kappa shape index (κ3) is 4.15. The highest BCUT2D eigenvalue weighted by atomic mass is 19.1. The lowest BCUT2D eigenvalue weighted by Gasteiger charge is -2.09. The molecule has 0 saturated heterocycles. The van der Waals surface area contributed by atoms with Crippen molar-refractivity contribution < 1.29 is 14.0 Å². The Bertz CT molecular complexity index is 696. The van der Waals surface area contributed by atoms with Gasteiger partial charge < -0.3 is 10.6 Å². The minimum absolute atomic E-state index is 0.103. The Labute approximate surface area is 128 Å². The van der Waals surface area contributed by atoms with Gasteiger partial charge in [-0.15, -0.1) is 0 Å². The normalized spacial score (nSPS) is 10.1. The van der Waals surface area contributed by atoms with Crippen LogP contribution in [-0.4, -0.2) is 11.8 Å². The fourth-order valence-corrected chi connectivity index (χ4v) is 1.96. The van der Waals surface area contributed by atoms with Gasteiger partial charge in [0.2, 0.25) is 5.91 Å². The summed E-state index contributed by atoms with van der Waals surface area (Å²) in [7, 11) is 0. The molecule has 2 aromatic rings. The number of hydrogen-bond acceptors (Lipinski definition) is 2. The maximum Gasteiger partial charge on any atom is 0.255 e. The molecule has 2 N–H and O–H groups in total. The molecule has 4 nitrogen and oxygen atoms in total. The summed E-state index contributed by atoms with van der Waals surface area (Å²) in [6, 6.07) is 11.1. The molecule has 0 aliphatic carbocycles. The molecule has 0 unspecified atom stereocenters. The molecule has 0 radical (unpaired) electrons. The first-order valence-corrected chi connectivity index (χ1v) is 6.86. The number of rotatable bonds is 4. The van der Waals surface area contributed by atoms with Crippen LogP contribution in [0.2, 0.25) is 0 Å². The van der Waals surface area contributed by atoms with E-state index in [0.29, 0.717) is 23.4 Å². The molecule has 0 atom stereocenters. The molecule has 0 aromatic heterocycles. The molecular weight excluding hydrogens is 283 g/mol. The molecule has 2 rings (SSSR count). The van der Waals surface area contributed by atoms with Crippen molar-refractivity contribution in [1.82, 2.24) is 5.32 Å². The number of nitrogens with one attached hydrogen (secondary N) is 2.